The Morgan fingerprint density at radius 3 is 2.41 bits per heavy atom. The minimum Gasteiger partial charge on any atom is -0.348 e. The molecule has 1 saturated heterocycles. The minimum atomic E-state index is -3.61. The summed E-state index contributed by atoms with van der Waals surface area (Å²) in [4.78, 5) is 12.6. The molecular weight excluding hydrogens is 367 g/mol. The van der Waals surface area contributed by atoms with Gasteiger partial charge in [0.2, 0.25) is 10.0 Å². The number of benzene rings is 2. The molecule has 0 unspecified atom stereocenters. The van der Waals surface area contributed by atoms with E-state index in [1.165, 1.54) is 22.5 Å². The Hall–Kier alpha value is -2.25. The Kier molecular flexibility index (Phi) is 5.92. The van der Waals surface area contributed by atoms with Crippen LogP contribution in [0.25, 0.3) is 0 Å². The van der Waals surface area contributed by atoms with Gasteiger partial charge in [-0.25, -0.2) is 12.8 Å². The summed E-state index contributed by atoms with van der Waals surface area (Å²) in [6, 6.07) is 10.6. The van der Waals surface area contributed by atoms with Crippen LogP contribution in [0.4, 0.5) is 4.39 Å². The van der Waals surface area contributed by atoms with Crippen LogP contribution >= 0.6 is 0 Å². The number of rotatable bonds is 5. The molecule has 0 spiro atoms. The SMILES string of the molecule is Cc1ccc(C(=O)NCc2ccc(F)cc2)cc1S(=O)(=O)N1CCCCC1. The summed E-state index contributed by atoms with van der Waals surface area (Å²) in [5.41, 5.74) is 1.67. The number of halogens is 1. The van der Waals surface area contributed by atoms with Crippen LogP contribution in [0.15, 0.2) is 47.4 Å². The second-order valence-corrected chi connectivity index (χ2v) is 8.66. The smallest absolute Gasteiger partial charge is 0.251 e. The molecule has 3 rings (SSSR count). The molecule has 5 nitrogen and oxygen atoms in total. The molecule has 1 aliphatic heterocycles. The summed E-state index contributed by atoms with van der Waals surface area (Å²) in [6.07, 6.45) is 2.75. The summed E-state index contributed by atoms with van der Waals surface area (Å²) in [5.74, 6) is -0.703. The van der Waals surface area contributed by atoms with Crippen molar-refractivity contribution < 1.29 is 17.6 Å². The highest BCUT2D eigenvalue weighted by molar-refractivity contribution is 7.89. The van der Waals surface area contributed by atoms with Crippen molar-refractivity contribution >= 4 is 15.9 Å². The van der Waals surface area contributed by atoms with Crippen molar-refractivity contribution in [3.8, 4) is 0 Å². The first kappa shape index (κ1) is 19.5. The number of carbonyl (C=O) groups excluding carboxylic acids is 1. The van der Waals surface area contributed by atoms with Crippen molar-refractivity contribution in [1.29, 1.82) is 0 Å². The van der Waals surface area contributed by atoms with Crippen LogP contribution in [0.5, 0.6) is 0 Å². The summed E-state index contributed by atoms with van der Waals surface area (Å²) >= 11 is 0. The monoisotopic (exact) mass is 390 g/mol. The van der Waals surface area contributed by atoms with E-state index in [4.69, 9.17) is 0 Å². The molecule has 2 aromatic rings. The fraction of sp³-hybridized carbons (Fsp3) is 0.350. The lowest BCUT2D eigenvalue weighted by atomic mass is 10.1. The van der Waals surface area contributed by atoms with Gasteiger partial charge in [-0.2, -0.15) is 4.31 Å². The summed E-state index contributed by atoms with van der Waals surface area (Å²) < 4.78 is 40.4. The van der Waals surface area contributed by atoms with Crippen molar-refractivity contribution in [3.05, 3.63) is 65.0 Å². The number of hydrogen-bond donors (Lipinski definition) is 1. The Labute approximate surface area is 159 Å². The Bertz CT molecular complexity index is 921. The first-order valence-electron chi connectivity index (χ1n) is 9.01. The molecule has 0 radical (unpaired) electrons. The van der Waals surface area contributed by atoms with Crippen LogP contribution in [0.3, 0.4) is 0 Å². The highest BCUT2D eigenvalue weighted by atomic mass is 32.2. The second-order valence-electron chi connectivity index (χ2n) is 6.75. The normalized spacial score (nSPS) is 15.5. The lowest BCUT2D eigenvalue weighted by Gasteiger charge is -2.26. The highest BCUT2D eigenvalue weighted by Gasteiger charge is 2.28. The van der Waals surface area contributed by atoms with Crippen LogP contribution < -0.4 is 5.32 Å². The number of carbonyl (C=O) groups is 1. The van der Waals surface area contributed by atoms with Crippen LogP contribution in [-0.2, 0) is 16.6 Å². The van der Waals surface area contributed by atoms with E-state index in [9.17, 15) is 17.6 Å². The highest BCUT2D eigenvalue weighted by Crippen LogP contribution is 2.24. The van der Waals surface area contributed by atoms with E-state index in [1.54, 1.807) is 31.2 Å². The minimum absolute atomic E-state index is 0.179. The number of nitrogens with one attached hydrogen (secondary N) is 1. The zero-order chi connectivity index (χ0) is 19.4. The number of hydrogen-bond acceptors (Lipinski definition) is 3. The molecule has 7 heteroatoms. The van der Waals surface area contributed by atoms with Gasteiger partial charge in [0.25, 0.3) is 5.91 Å². The summed E-state index contributed by atoms with van der Waals surface area (Å²) in [7, 11) is -3.61. The lowest BCUT2D eigenvalue weighted by Crippen LogP contribution is -2.36. The Balaban J connectivity index is 1.77. The van der Waals surface area contributed by atoms with Crippen LogP contribution in [-0.4, -0.2) is 31.7 Å². The zero-order valence-corrected chi connectivity index (χ0v) is 16.1. The number of nitrogens with zero attached hydrogens (tertiary/aromatic N) is 1. The van der Waals surface area contributed by atoms with Crippen molar-refractivity contribution in [2.24, 2.45) is 0 Å². The number of piperidine rings is 1. The molecule has 0 aliphatic carbocycles. The Morgan fingerprint density at radius 1 is 1.07 bits per heavy atom. The van der Waals surface area contributed by atoms with E-state index >= 15 is 0 Å². The van der Waals surface area contributed by atoms with Crippen molar-refractivity contribution in [1.82, 2.24) is 9.62 Å². The summed E-state index contributed by atoms with van der Waals surface area (Å²) in [6.45, 7) is 3.00. The molecule has 144 valence electrons. The number of aryl methyl sites for hydroxylation is 1. The molecule has 1 aliphatic rings. The molecule has 0 aromatic heterocycles. The molecule has 0 atom stereocenters. The first-order valence-corrected chi connectivity index (χ1v) is 10.5. The van der Waals surface area contributed by atoms with Gasteiger partial charge in [-0.15, -0.1) is 0 Å². The van der Waals surface area contributed by atoms with Gasteiger partial charge in [0.1, 0.15) is 5.82 Å². The van der Waals surface area contributed by atoms with Crippen molar-refractivity contribution in [2.75, 3.05) is 13.1 Å². The predicted octanol–water partition coefficient (Wildman–Crippen LogP) is 3.24. The number of amides is 1. The fourth-order valence-corrected chi connectivity index (χ4v) is 4.92. The predicted molar refractivity (Wildman–Crippen MR) is 101 cm³/mol. The summed E-state index contributed by atoms with van der Waals surface area (Å²) in [5, 5.41) is 2.74. The molecule has 1 heterocycles. The maximum absolute atomic E-state index is 13.0. The standard InChI is InChI=1S/C20H23FN2O3S/c1-15-5-8-17(20(24)22-14-16-6-9-18(21)10-7-16)13-19(15)27(25,26)23-11-3-2-4-12-23/h5-10,13H,2-4,11-12,14H2,1H3,(H,22,24). The van der Waals surface area contributed by atoms with E-state index in [0.717, 1.165) is 24.8 Å². The van der Waals surface area contributed by atoms with Gasteiger partial charge >= 0.3 is 0 Å². The average molecular weight is 390 g/mol. The molecule has 1 fully saturated rings. The number of sulfonamides is 1. The molecule has 1 amide bonds. The van der Waals surface area contributed by atoms with E-state index < -0.39 is 10.0 Å². The van der Waals surface area contributed by atoms with Gasteiger partial charge in [-0.3, -0.25) is 4.79 Å². The van der Waals surface area contributed by atoms with Crippen molar-refractivity contribution in [3.63, 3.8) is 0 Å². The maximum Gasteiger partial charge on any atom is 0.251 e. The van der Waals surface area contributed by atoms with Crippen LogP contribution in [0.1, 0.15) is 40.7 Å². The molecular formula is C20H23FN2O3S. The average Bonchev–Trinajstić information content (AvgIpc) is 2.68. The molecule has 0 bridgehead atoms. The Morgan fingerprint density at radius 2 is 1.74 bits per heavy atom. The first-order chi connectivity index (χ1) is 12.9. The van der Waals surface area contributed by atoms with Gasteiger partial charge in [-0.05, 0) is 55.2 Å². The largest absolute Gasteiger partial charge is 0.348 e. The third-order valence-electron chi connectivity index (χ3n) is 4.75. The third kappa shape index (κ3) is 4.54. The topological polar surface area (TPSA) is 66.5 Å². The molecule has 2 aromatic carbocycles. The zero-order valence-electron chi connectivity index (χ0n) is 15.2. The van der Waals surface area contributed by atoms with Gasteiger partial charge in [0.15, 0.2) is 0 Å². The van der Waals surface area contributed by atoms with Gasteiger partial charge in [0, 0.05) is 25.2 Å². The third-order valence-corrected chi connectivity index (χ3v) is 6.79. The van der Waals surface area contributed by atoms with Gasteiger partial charge < -0.3 is 5.32 Å². The van der Waals surface area contributed by atoms with E-state index in [1.807, 2.05) is 0 Å². The van der Waals surface area contributed by atoms with Gasteiger partial charge in [-0.1, -0.05) is 24.6 Å². The fourth-order valence-electron chi connectivity index (χ4n) is 3.15. The molecule has 0 saturated carbocycles. The van der Waals surface area contributed by atoms with Crippen LogP contribution in [0.2, 0.25) is 0 Å². The van der Waals surface area contributed by atoms with Crippen LogP contribution in [0, 0.1) is 12.7 Å². The molecule has 27 heavy (non-hydrogen) atoms. The molecule has 1 N–H and O–H groups in total. The second kappa shape index (κ2) is 8.19. The van der Waals surface area contributed by atoms with Crippen molar-refractivity contribution in [2.45, 2.75) is 37.6 Å². The van der Waals surface area contributed by atoms with E-state index in [-0.39, 0.29) is 23.2 Å². The van der Waals surface area contributed by atoms with Gasteiger partial charge in [0.05, 0.1) is 4.90 Å². The van der Waals surface area contributed by atoms with E-state index in [0.29, 0.717) is 24.2 Å². The quantitative estimate of drug-likeness (QED) is 0.852. The lowest BCUT2D eigenvalue weighted by molar-refractivity contribution is 0.0950. The maximum atomic E-state index is 13.0. The van der Waals surface area contributed by atoms with E-state index in [2.05, 4.69) is 5.32 Å².